The van der Waals surface area contributed by atoms with E-state index in [9.17, 15) is 25.9 Å². The first-order chi connectivity index (χ1) is 21.5. The van der Waals surface area contributed by atoms with Gasteiger partial charge in [0.1, 0.15) is 0 Å². The van der Waals surface area contributed by atoms with Crippen molar-refractivity contribution >= 4 is 64.6 Å². The van der Waals surface area contributed by atoms with E-state index < -0.39 is 31.7 Å². The van der Waals surface area contributed by atoms with E-state index in [2.05, 4.69) is 0 Å². The number of ether oxygens (including phenoxy) is 1. The van der Waals surface area contributed by atoms with Crippen LogP contribution in [-0.4, -0.2) is 44.0 Å². The second kappa shape index (κ2) is 14.5. The molecular formula is C33H29KN2O8S2. The van der Waals surface area contributed by atoms with E-state index in [0.29, 0.717) is 23.1 Å². The Hall–Kier alpha value is -2.85. The van der Waals surface area contributed by atoms with E-state index >= 15 is 0 Å². The van der Waals surface area contributed by atoms with Crippen LogP contribution >= 0.6 is 0 Å². The molecule has 10 nitrogen and oxygen atoms in total. The molecule has 6 rings (SSSR count). The standard InChI is InChI=1S/C33H30N2O8S2.K/c36-44(37,38)18-8-16-34-28-20-24-10-4-6-12-26(24)22-30(28)42-32(34)14-2-1-3-15-33-35(17-9-19-45(39,40)41)29-21-25-11-5-7-13-27(25)23-31(29)43-33;/h1-7,10-15,20-23H,8-9,16-19H2,(H-,36,37,38,39,40,41);/q;+1/p-1. The minimum Gasteiger partial charge on any atom is -0.748 e. The van der Waals surface area contributed by atoms with Crippen LogP contribution in [0.4, 0.5) is 5.69 Å². The Balaban J connectivity index is 0.00000417. The SMILES string of the molecule is O=S(=O)([O-])CCCN1\C(=C/C=C/C=C/c2oc3cc4ccccc4cc3[n+]2CCCS(=O)(=O)[O-])Oc2cc3ccccc3cc21.[K+]. The normalized spacial score (nSPS) is 14.6. The first-order valence-corrected chi connectivity index (χ1v) is 17.5. The van der Waals surface area contributed by atoms with E-state index in [1.165, 1.54) is 0 Å². The van der Waals surface area contributed by atoms with Gasteiger partial charge in [-0.2, -0.15) is 4.57 Å². The van der Waals surface area contributed by atoms with Gasteiger partial charge in [-0.15, -0.1) is 0 Å². The maximum atomic E-state index is 11.2. The van der Waals surface area contributed by atoms with E-state index in [4.69, 9.17) is 9.15 Å². The van der Waals surface area contributed by atoms with E-state index in [-0.39, 0.29) is 77.3 Å². The molecule has 0 saturated heterocycles. The summed E-state index contributed by atoms with van der Waals surface area (Å²) in [5.74, 6) is 0.637. The number of rotatable bonds is 11. The molecule has 0 N–H and O–H groups in total. The minimum absolute atomic E-state index is 0. The van der Waals surface area contributed by atoms with Crippen LogP contribution < -0.4 is 65.6 Å². The summed E-state index contributed by atoms with van der Waals surface area (Å²) in [6.45, 7) is 0.545. The molecule has 2 heterocycles. The third-order valence-electron chi connectivity index (χ3n) is 7.45. The summed E-state index contributed by atoms with van der Waals surface area (Å²) in [5, 5.41) is 4.00. The van der Waals surface area contributed by atoms with Gasteiger partial charge in [0.2, 0.25) is 11.5 Å². The molecule has 1 aromatic heterocycles. The van der Waals surface area contributed by atoms with Crippen LogP contribution in [0.1, 0.15) is 18.7 Å². The van der Waals surface area contributed by atoms with E-state index in [0.717, 1.165) is 32.7 Å². The summed E-state index contributed by atoms with van der Waals surface area (Å²) >= 11 is 0. The van der Waals surface area contributed by atoms with Gasteiger partial charge < -0.3 is 23.2 Å². The third-order valence-corrected chi connectivity index (χ3v) is 9.03. The van der Waals surface area contributed by atoms with Crippen LogP contribution in [0.3, 0.4) is 0 Å². The number of allylic oxidation sites excluding steroid dienone is 4. The molecule has 0 spiro atoms. The van der Waals surface area contributed by atoms with Gasteiger partial charge in [-0.05, 0) is 52.2 Å². The van der Waals surface area contributed by atoms with Gasteiger partial charge in [0.15, 0.2) is 12.3 Å². The Morgan fingerprint density at radius 3 is 2.04 bits per heavy atom. The van der Waals surface area contributed by atoms with Gasteiger partial charge in [-0.1, -0.05) is 66.8 Å². The molecule has 0 radical (unpaired) electrons. The van der Waals surface area contributed by atoms with E-state index in [1.807, 2.05) is 82.3 Å². The zero-order valence-corrected chi connectivity index (χ0v) is 29.8. The number of fused-ring (bicyclic) bond motifs is 4. The molecule has 13 heteroatoms. The van der Waals surface area contributed by atoms with Crippen molar-refractivity contribution in [1.29, 1.82) is 0 Å². The summed E-state index contributed by atoms with van der Waals surface area (Å²) < 4.78 is 81.5. The zero-order valence-electron chi connectivity index (χ0n) is 25.0. The number of benzene rings is 4. The predicted molar refractivity (Wildman–Crippen MR) is 170 cm³/mol. The second-order valence-electron chi connectivity index (χ2n) is 10.7. The molecular weight excluding hydrogens is 656 g/mol. The van der Waals surface area contributed by atoms with Crippen LogP contribution in [-0.2, 0) is 26.8 Å². The molecule has 232 valence electrons. The molecule has 0 bridgehead atoms. The molecule has 0 aliphatic carbocycles. The average molecular weight is 685 g/mol. The van der Waals surface area contributed by atoms with Crippen LogP contribution in [0.25, 0.3) is 38.7 Å². The fraction of sp³-hybridized carbons (Fsp3) is 0.182. The smallest absolute Gasteiger partial charge is 0.748 e. The van der Waals surface area contributed by atoms with Crippen LogP contribution in [0.5, 0.6) is 5.75 Å². The number of anilines is 1. The Morgan fingerprint density at radius 1 is 0.761 bits per heavy atom. The Kier molecular flexibility index (Phi) is 10.9. The van der Waals surface area contributed by atoms with Crippen LogP contribution in [0, 0.1) is 0 Å². The topological polar surface area (TPSA) is 144 Å². The van der Waals surface area contributed by atoms with Crippen molar-refractivity contribution in [2.75, 3.05) is 23.0 Å². The van der Waals surface area contributed by atoms with Crippen LogP contribution in [0.2, 0.25) is 0 Å². The first kappa shape index (κ1) is 34.5. The van der Waals surface area contributed by atoms with Crippen molar-refractivity contribution < 1.29 is 91.0 Å². The fourth-order valence-corrected chi connectivity index (χ4v) is 6.39. The molecule has 0 saturated carbocycles. The monoisotopic (exact) mass is 684 g/mol. The molecule has 1 aliphatic heterocycles. The number of oxazole rings is 1. The maximum absolute atomic E-state index is 11.2. The fourth-order valence-electron chi connectivity index (χ4n) is 5.42. The second-order valence-corrected chi connectivity index (χ2v) is 13.7. The van der Waals surface area contributed by atoms with Gasteiger partial charge >= 0.3 is 57.3 Å². The summed E-state index contributed by atoms with van der Waals surface area (Å²) in [4.78, 5) is 1.85. The summed E-state index contributed by atoms with van der Waals surface area (Å²) in [7, 11) is -8.70. The largest absolute Gasteiger partial charge is 1.00 e. The quantitative estimate of drug-likeness (QED) is 0.0886. The minimum atomic E-state index is -4.35. The summed E-state index contributed by atoms with van der Waals surface area (Å²) in [6, 6.07) is 23.5. The molecule has 0 amide bonds. The first-order valence-electron chi connectivity index (χ1n) is 14.3. The van der Waals surface area contributed by atoms with Crippen molar-refractivity contribution in [2.45, 2.75) is 19.4 Å². The Bertz CT molecular complexity index is 2230. The van der Waals surface area contributed by atoms with Crippen LogP contribution in [0.15, 0.2) is 107 Å². The summed E-state index contributed by atoms with van der Waals surface area (Å²) in [5.41, 5.74) is 2.19. The zero-order chi connectivity index (χ0) is 31.6. The van der Waals surface area contributed by atoms with Gasteiger partial charge in [0, 0.05) is 30.5 Å². The van der Waals surface area contributed by atoms with Gasteiger partial charge in [0.05, 0.1) is 32.0 Å². The van der Waals surface area contributed by atoms with Crippen molar-refractivity contribution in [3.8, 4) is 5.75 Å². The van der Waals surface area contributed by atoms with Crippen molar-refractivity contribution in [3.63, 3.8) is 0 Å². The number of aryl methyl sites for hydroxylation is 1. The number of hydrogen-bond donors (Lipinski definition) is 0. The number of aromatic nitrogens is 1. The molecule has 46 heavy (non-hydrogen) atoms. The Labute approximate surface area is 309 Å². The van der Waals surface area contributed by atoms with Crippen molar-refractivity contribution in [2.24, 2.45) is 0 Å². The van der Waals surface area contributed by atoms with Gasteiger partial charge in [-0.3, -0.25) is 0 Å². The van der Waals surface area contributed by atoms with E-state index in [1.54, 1.807) is 30.4 Å². The maximum Gasteiger partial charge on any atom is 1.00 e. The molecule has 0 unspecified atom stereocenters. The molecule has 1 aliphatic rings. The molecule has 5 aromatic rings. The number of nitrogens with zero attached hydrogens (tertiary/aromatic N) is 2. The van der Waals surface area contributed by atoms with Gasteiger partial charge in [0.25, 0.3) is 5.52 Å². The molecule has 0 fully saturated rings. The summed E-state index contributed by atoms with van der Waals surface area (Å²) in [6.07, 6.45) is 9.07. The third kappa shape index (κ3) is 8.34. The average Bonchev–Trinajstić information content (AvgIpc) is 3.49. The van der Waals surface area contributed by atoms with Crippen molar-refractivity contribution in [1.82, 2.24) is 0 Å². The number of hydrogen-bond acceptors (Lipinski definition) is 9. The molecule has 4 aromatic carbocycles. The Morgan fingerprint density at radius 2 is 1.37 bits per heavy atom. The van der Waals surface area contributed by atoms with Crippen molar-refractivity contribution in [3.05, 3.63) is 109 Å². The molecule has 0 atom stereocenters. The van der Waals surface area contributed by atoms with Gasteiger partial charge in [-0.25, -0.2) is 16.8 Å². The predicted octanol–water partition coefficient (Wildman–Crippen LogP) is 2.21.